The van der Waals surface area contributed by atoms with Gasteiger partial charge in [0.05, 0.1) is 5.69 Å². The topological polar surface area (TPSA) is 40.7 Å². The number of benzene rings is 1. The molecule has 0 fully saturated rings. The molecule has 1 unspecified atom stereocenters. The summed E-state index contributed by atoms with van der Waals surface area (Å²) in [6.45, 7) is 5.39. The van der Waals surface area contributed by atoms with Crippen LogP contribution in [0.5, 0.6) is 0 Å². The average molecular weight is 243 g/mol. The first-order valence-corrected chi connectivity index (χ1v) is 6.61. The summed E-state index contributed by atoms with van der Waals surface area (Å²) >= 11 is 0. The first-order valence-electron chi connectivity index (χ1n) is 6.61. The number of aromatic amines is 1. The number of aromatic nitrogens is 2. The molecule has 3 nitrogen and oxygen atoms in total. The van der Waals surface area contributed by atoms with Gasteiger partial charge in [0.1, 0.15) is 0 Å². The van der Waals surface area contributed by atoms with E-state index in [0.29, 0.717) is 6.04 Å². The highest BCUT2D eigenvalue weighted by Crippen LogP contribution is 2.16. The van der Waals surface area contributed by atoms with Gasteiger partial charge >= 0.3 is 0 Å². The van der Waals surface area contributed by atoms with Crippen LogP contribution < -0.4 is 5.32 Å². The van der Waals surface area contributed by atoms with E-state index >= 15 is 0 Å². The summed E-state index contributed by atoms with van der Waals surface area (Å²) in [7, 11) is 0. The summed E-state index contributed by atoms with van der Waals surface area (Å²) < 4.78 is 0. The van der Waals surface area contributed by atoms with E-state index < -0.39 is 0 Å². The van der Waals surface area contributed by atoms with Crippen LogP contribution in [0.25, 0.3) is 11.3 Å². The maximum Gasteiger partial charge on any atom is 0.0650 e. The molecule has 0 saturated carbocycles. The molecule has 2 N–H and O–H groups in total. The molecule has 0 amide bonds. The summed E-state index contributed by atoms with van der Waals surface area (Å²) in [4.78, 5) is 0. The fourth-order valence-electron chi connectivity index (χ4n) is 2.05. The third-order valence-corrected chi connectivity index (χ3v) is 3.14. The van der Waals surface area contributed by atoms with Gasteiger partial charge in [0.25, 0.3) is 0 Å². The monoisotopic (exact) mass is 243 g/mol. The minimum atomic E-state index is 0.585. The SMILES string of the molecule is CCCC(C)NCc1ccc(-c2ccn[nH]2)cc1. The summed E-state index contributed by atoms with van der Waals surface area (Å²) in [5.74, 6) is 0. The lowest BCUT2D eigenvalue weighted by Gasteiger charge is -2.12. The highest BCUT2D eigenvalue weighted by Gasteiger charge is 2.01. The van der Waals surface area contributed by atoms with E-state index in [2.05, 4.69) is 53.6 Å². The van der Waals surface area contributed by atoms with Crippen molar-refractivity contribution >= 4 is 0 Å². The molecule has 18 heavy (non-hydrogen) atoms. The Morgan fingerprint density at radius 1 is 1.22 bits per heavy atom. The second-order valence-electron chi connectivity index (χ2n) is 4.74. The van der Waals surface area contributed by atoms with Crippen molar-refractivity contribution < 1.29 is 0 Å². The van der Waals surface area contributed by atoms with Crippen LogP contribution in [0, 0.1) is 0 Å². The van der Waals surface area contributed by atoms with E-state index in [-0.39, 0.29) is 0 Å². The molecule has 0 spiro atoms. The van der Waals surface area contributed by atoms with Gasteiger partial charge in [-0.25, -0.2) is 0 Å². The van der Waals surface area contributed by atoms with Crippen LogP contribution in [-0.4, -0.2) is 16.2 Å². The van der Waals surface area contributed by atoms with Crippen molar-refractivity contribution in [3.8, 4) is 11.3 Å². The van der Waals surface area contributed by atoms with Crippen molar-refractivity contribution in [2.45, 2.75) is 39.3 Å². The molecule has 1 aromatic carbocycles. The van der Waals surface area contributed by atoms with Crippen LogP contribution in [0.1, 0.15) is 32.3 Å². The zero-order valence-corrected chi connectivity index (χ0v) is 11.1. The van der Waals surface area contributed by atoms with Gasteiger partial charge < -0.3 is 5.32 Å². The third kappa shape index (κ3) is 3.44. The van der Waals surface area contributed by atoms with Crippen molar-refractivity contribution in [1.29, 1.82) is 0 Å². The molecule has 3 heteroatoms. The zero-order valence-electron chi connectivity index (χ0n) is 11.1. The Morgan fingerprint density at radius 2 is 2.00 bits per heavy atom. The van der Waals surface area contributed by atoms with Crippen LogP contribution in [0.2, 0.25) is 0 Å². The Balaban J connectivity index is 1.92. The van der Waals surface area contributed by atoms with Crippen LogP contribution in [-0.2, 0) is 6.54 Å². The lowest BCUT2D eigenvalue weighted by atomic mass is 10.1. The molecular formula is C15H21N3. The summed E-state index contributed by atoms with van der Waals surface area (Å²) in [6, 6.07) is 11.2. The summed E-state index contributed by atoms with van der Waals surface area (Å²) in [6.07, 6.45) is 4.23. The molecule has 2 aromatic rings. The second-order valence-corrected chi connectivity index (χ2v) is 4.74. The van der Waals surface area contributed by atoms with Crippen molar-refractivity contribution in [2.75, 3.05) is 0 Å². The minimum absolute atomic E-state index is 0.585. The molecule has 0 aliphatic rings. The van der Waals surface area contributed by atoms with E-state index in [4.69, 9.17) is 0 Å². The van der Waals surface area contributed by atoms with Gasteiger partial charge in [0, 0.05) is 18.8 Å². The van der Waals surface area contributed by atoms with Crippen LogP contribution in [0.15, 0.2) is 36.5 Å². The van der Waals surface area contributed by atoms with Crippen molar-refractivity contribution in [3.05, 3.63) is 42.1 Å². The Bertz CT molecular complexity index is 445. The minimum Gasteiger partial charge on any atom is -0.310 e. The molecule has 0 saturated heterocycles. The van der Waals surface area contributed by atoms with Gasteiger partial charge in [-0.1, -0.05) is 37.6 Å². The fourth-order valence-corrected chi connectivity index (χ4v) is 2.05. The number of nitrogens with one attached hydrogen (secondary N) is 2. The van der Waals surface area contributed by atoms with Gasteiger partial charge in [-0.05, 0) is 30.5 Å². The molecule has 1 heterocycles. The van der Waals surface area contributed by atoms with Crippen molar-refractivity contribution in [2.24, 2.45) is 0 Å². The number of rotatable bonds is 6. The second kappa shape index (κ2) is 6.36. The normalized spacial score (nSPS) is 12.6. The van der Waals surface area contributed by atoms with Gasteiger partial charge in [-0.2, -0.15) is 5.10 Å². The maximum atomic E-state index is 3.96. The maximum absolute atomic E-state index is 3.96. The Labute approximate surface area is 109 Å². The van der Waals surface area contributed by atoms with Crippen molar-refractivity contribution in [3.63, 3.8) is 0 Å². The van der Waals surface area contributed by atoms with Gasteiger partial charge in [-0.15, -0.1) is 0 Å². The number of H-pyrrole nitrogens is 1. The highest BCUT2D eigenvalue weighted by atomic mass is 15.1. The standard InChI is InChI=1S/C15H21N3/c1-3-4-12(2)16-11-13-5-7-14(8-6-13)15-9-10-17-18-15/h5-10,12,16H,3-4,11H2,1-2H3,(H,17,18). The largest absolute Gasteiger partial charge is 0.310 e. The predicted octanol–water partition coefficient (Wildman–Crippen LogP) is 3.35. The van der Waals surface area contributed by atoms with E-state index in [1.165, 1.54) is 24.0 Å². The number of nitrogens with zero attached hydrogens (tertiary/aromatic N) is 1. The molecule has 2 rings (SSSR count). The molecule has 0 bridgehead atoms. The van der Waals surface area contributed by atoms with E-state index in [0.717, 1.165) is 12.2 Å². The first kappa shape index (κ1) is 12.8. The smallest absolute Gasteiger partial charge is 0.0650 e. The first-order chi connectivity index (χ1) is 8.79. The quantitative estimate of drug-likeness (QED) is 0.816. The Kier molecular flexibility index (Phi) is 4.53. The average Bonchev–Trinajstić information content (AvgIpc) is 2.91. The van der Waals surface area contributed by atoms with Gasteiger partial charge in [-0.3, -0.25) is 5.10 Å². The molecule has 0 radical (unpaired) electrons. The van der Waals surface area contributed by atoms with Gasteiger partial charge in [0.2, 0.25) is 0 Å². The molecule has 1 atom stereocenters. The van der Waals surface area contributed by atoms with Crippen LogP contribution in [0.4, 0.5) is 0 Å². The van der Waals surface area contributed by atoms with Crippen LogP contribution >= 0.6 is 0 Å². The number of hydrogen-bond donors (Lipinski definition) is 2. The van der Waals surface area contributed by atoms with E-state index in [1.807, 2.05) is 6.07 Å². The Hall–Kier alpha value is -1.61. The highest BCUT2D eigenvalue weighted by molar-refractivity contribution is 5.58. The van der Waals surface area contributed by atoms with E-state index in [9.17, 15) is 0 Å². The Morgan fingerprint density at radius 3 is 2.61 bits per heavy atom. The lowest BCUT2D eigenvalue weighted by Crippen LogP contribution is -2.24. The summed E-state index contributed by atoms with van der Waals surface area (Å²) in [5, 5.41) is 10.5. The zero-order chi connectivity index (χ0) is 12.8. The molecule has 96 valence electrons. The lowest BCUT2D eigenvalue weighted by molar-refractivity contribution is 0.508. The van der Waals surface area contributed by atoms with E-state index in [1.54, 1.807) is 6.20 Å². The molecule has 0 aliphatic heterocycles. The molecule has 1 aromatic heterocycles. The number of hydrogen-bond acceptors (Lipinski definition) is 2. The third-order valence-electron chi connectivity index (χ3n) is 3.14. The van der Waals surface area contributed by atoms with Crippen LogP contribution in [0.3, 0.4) is 0 Å². The van der Waals surface area contributed by atoms with Crippen molar-refractivity contribution in [1.82, 2.24) is 15.5 Å². The van der Waals surface area contributed by atoms with Gasteiger partial charge in [0.15, 0.2) is 0 Å². The molecule has 0 aliphatic carbocycles. The fraction of sp³-hybridized carbons (Fsp3) is 0.400. The molecular weight excluding hydrogens is 222 g/mol. The summed E-state index contributed by atoms with van der Waals surface area (Å²) in [5.41, 5.74) is 3.56. The predicted molar refractivity (Wildman–Crippen MR) is 75.2 cm³/mol.